The first kappa shape index (κ1) is 10.6. The van der Waals surface area contributed by atoms with Crippen molar-refractivity contribution in [2.24, 2.45) is 11.8 Å². The Hall–Kier alpha value is -0.550. The molecule has 0 spiro atoms. The summed E-state index contributed by atoms with van der Waals surface area (Å²) in [7, 11) is 1.87. The van der Waals surface area contributed by atoms with Gasteiger partial charge in [-0.25, -0.2) is 0 Å². The van der Waals surface area contributed by atoms with Crippen molar-refractivity contribution in [2.75, 3.05) is 13.3 Å². The quantitative estimate of drug-likeness (QED) is 0.714. The van der Waals surface area contributed by atoms with Crippen LogP contribution in [0.5, 0.6) is 5.75 Å². The molecule has 2 aliphatic rings. The van der Waals surface area contributed by atoms with Crippen LogP contribution in [-0.2, 0) is 0 Å². The van der Waals surface area contributed by atoms with Gasteiger partial charge in [0.1, 0.15) is 5.75 Å². The van der Waals surface area contributed by atoms with Gasteiger partial charge in [0, 0.05) is 0 Å². The maximum Gasteiger partial charge on any atom is 0.118 e. The number of hydrogen-bond donors (Lipinski definition) is 0. The van der Waals surface area contributed by atoms with E-state index < -0.39 is 0 Å². The van der Waals surface area contributed by atoms with Crippen LogP contribution in [0.1, 0.15) is 19.8 Å². The van der Waals surface area contributed by atoms with Crippen molar-refractivity contribution in [1.29, 1.82) is 0 Å². The molecule has 2 fully saturated rings. The molecule has 1 heterocycles. The third-order valence-electron chi connectivity index (χ3n) is 4.42. The molecule has 0 radical (unpaired) electrons. The molecule has 0 aromatic heterocycles. The average Bonchev–Trinajstić information content (AvgIpc) is 2.85. The minimum absolute atomic E-state index is 0.134. The van der Waals surface area contributed by atoms with Crippen LogP contribution >= 0.6 is 7.92 Å². The zero-order valence-corrected chi connectivity index (χ0v) is 10.9. The van der Waals surface area contributed by atoms with E-state index >= 15 is 0 Å². The SMILES string of the molecule is COc1ccc(P2CC3CCC2C3C)cc1. The number of benzene rings is 1. The Labute approximate surface area is 99.0 Å². The van der Waals surface area contributed by atoms with Crippen molar-refractivity contribution in [3.8, 4) is 5.75 Å². The summed E-state index contributed by atoms with van der Waals surface area (Å²) < 4.78 is 5.22. The van der Waals surface area contributed by atoms with Gasteiger partial charge >= 0.3 is 0 Å². The first-order chi connectivity index (χ1) is 7.79. The Bertz CT molecular complexity index is 373. The highest BCUT2D eigenvalue weighted by Crippen LogP contribution is 2.61. The highest BCUT2D eigenvalue weighted by atomic mass is 31.1. The molecule has 1 aromatic carbocycles. The van der Waals surface area contributed by atoms with Crippen LogP contribution in [0.15, 0.2) is 24.3 Å². The van der Waals surface area contributed by atoms with Crippen LogP contribution in [0.3, 0.4) is 0 Å². The summed E-state index contributed by atoms with van der Waals surface area (Å²) >= 11 is 0. The average molecular weight is 234 g/mol. The van der Waals surface area contributed by atoms with Crippen molar-refractivity contribution < 1.29 is 4.74 Å². The molecule has 86 valence electrons. The van der Waals surface area contributed by atoms with Crippen LogP contribution < -0.4 is 10.0 Å². The van der Waals surface area contributed by atoms with E-state index in [1.807, 2.05) is 0 Å². The predicted molar refractivity (Wildman–Crippen MR) is 70.1 cm³/mol. The summed E-state index contributed by atoms with van der Waals surface area (Å²) in [6.45, 7) is 2.47. The number of fused-ring (bicyclic) bond motifs is 2. The smallest absolute Gasteiger partial charge is 0.118 e. The second kappa shape index (κ2) is 4.04. The second-order valence-electron chi connectivity index (χ2n) is 5.11. The standard InChI is InChI=1S/C14H19OP/c1-10-11-3-8-14(10)16(9-11)13-6-4-12(15-2)5-7-13/h4-7,10-11,14H,3,8-9H2,1-2H3. The fourth-order valence-electron chi connectivity index (χ4n) is 3.38. The summed E-state index contributed by atoms with van der Waals surface area (Å²) in [5.74, 6) is 2.99. The molecule has 1 nitrogen and oxygen atoms in total. The zero-order valence-electron chi connectivity index (χ0n) is 10.0. The Kier molecular flexibility index (Phi) is 2.67. The minimum atomic E-state index is 0.134. The topological polar surface area (TPSA) is 9.23 Å². The van der Waals surface area contributed by atoms with E-state index in [1.54, 1.807) is 12.4 Å². The largest absolute Gasteiger partial charge is 0.497 e. The molecule has 4 unspecified atom stereocenters. The molecule has 0 amide bonds. The van der Waals surface area contributed by atoms with Gasteiger partial charge in [0.05, 0.1) is 7.11 Å². The molecule has 2 bridgehead atoms. The van der Waals surface area contributed by atoms with Gasteiger partial charge in [-0.1, -0.05) is 27.0 Å². The Morgan fingerprint density at radius 2 is 1.94 bits per heavy atom. The highest BCUT2D eigenvalue weighted by molar-refractivity contribution is 7.66. The van der Waals surface area contributed by atoms with Gasteiger partial charge in [-0.3, -0.25) is 0 Å². The fraction of sp³-hybridized carbons (Fsp3) is 0.571. The van der Waals surface area contributed by atoms with Gasteiger partial charge in [0.25, 0.3) is 0 Å². The number of hydrogen-bond acceptors (Lipinski definition) is 1. The van der Waals surface area contributed by atoms with E-state index in [1.165, 1.54) is 19.0 Å². The van der Waals surface area contributed by atoms with Crippen LogP contribution in [0, 0.1) is 11.8 Å². The molecular formula is C14H19OP. The third-order valence-corrected chi connectivity index (χ3v) is 7.77. The summed E-state index contributed by atoms with van der Waals surface area (Å²) in [4.78, 5) is 0. The lowest BCUT2D eigenvalue weighted by Crippen LogP contribution is -2.12. The van der Waals surface area contributed by atoms with Crippen molar-refractivity contribution in [3.05, 3.63) is 24.3 Å². The minimum Gasteiger partial charge on any atom is -0.497 e. The molecule has 1 aliphatic heterocycles. The lowest BCUT2D eigenvalue weighted by atomic mass is 10.0. The first-order valence-electron chi connectivity index (χ1n) is 6.20. The van der Waals surface area contributed by atoms with Crippen LogP contribution in [-0.4, -0.2) is 18.9 Å². The number of methoxy groups -OCH3 is 1. The van der Waals surface area contributed by atoms with Gasteiger partial charge in [0.2, 0.25) is 0 Å². The molecule has 16 heavy (non-hydrogen) atoms. The van der Waals surface area contributed by atoms with Crippen LogP contribution in [0.25, 0.3) is 0 Å². The molecule has 0 N–H and O–H groups in total. The number of rotatable bonds is 2. The zero-order chi connectivity index (χ0) is 11.1. The maximum atomic E-state index is 5.22. The molecule has 1 saturated heterocycles. The van der Waals surface area contributed by atoms with Gasteiger partial charge in [-0.15, -0.1) is 0 Å². The lowest BCUT2D eigenvalue weighted by Gasteiger charge is -2.23. The molecule has 1 aromatic rings. The summed E-state index contributed by atoms with van der Waals surface area (Å²) in [6.07, 6.45) is 4.44. The third kappa shape index (κ3) is 1.57. The monoisotopic (exact) mass is 234 g/mol. The first-order valence-corrected chi connectivity index (χ1v) is 7.80. The molecule has 1 aliphatic carbocycles. The fourth-order valence-corrected chi connectivity index (χ4v) is 7.07. The highest BCUT2D eigenvalue weighted by Gasteiger charge is 2.45. The van der Waals surface area contributed by atoms with Gasteiger partial charge in [-0.05, 0) is 53.9 Å². The summed E-state index contributed by atoms with van der Waals surface area (Å²) in [5, 5.41) is 1.59. The Morgan fingerprint density at radius 3 is 2.44 bits per heavy atom. The molecular weight excluding hydrogens is 215 g/mol. The van der Waals surface area contributed by atoms with Crippen molar-refractivity contribution in [3.63, 3.8) is 0 Å². The normalized spacial score (nSPS) is 36.6. The lowest BCUT2D eigenvalue weighted by molar-refractivity contribution is 0.415. The van der Waals surface area contributed by atoms with E-state index in [9.17, 15) is 0 Å². The van der Waals surface area contributed by atoms with Gasteiger partial charge in [0.15, 0.2) is 0 Å². The summed E-state index contributed by atoms with van der Waals surface area (Å²) in [5.41, 5.74) is 1.01. The molecule has 2 heteroatoms. The Balaban J connectivity index is 1.83. The van der Waals surface area contributed by atoms with Crippen molar-refractivity contribution in [2.45, 2.75) is 25.4 Å². The van der Waals surface area contributed by atoms with E-state index in [4.69, 9.17) is 4.74 Å². The van der Waals surface area contributed by atoms with Gasteiger partial charge in [-0.2, -0.15) is 0 Å². The predicted octanol–water partition coefficient (Wildman–Crippen LogP) is 3.23. The summed E-state index contributed by atoms with van der Waals surface area (Å²) in [6, 6.07) is 8.82. The maximum absolute atomic E-state index is 5.22. The van der Waals surface area contributed by atoms with E-state index in [0.29, 0.717) is 0 Å². The Morgan fingerprint density at radius 1 is 1.19 bits per heavy atom. The number of ether oxygens (including phenoxy) is 1. The van der Waals surface area contributed by atoms with Gasteiger partial charge < -0.3 is 4.74 Å². The van der Waals surface area contributed by atoms with E-state index in [0.717, 1.165) is 23.2 Å². The van der Waals surface area contributed by atoms with Crippen LogP contribution in [0.2, 0.25) is 0 Å². The van der Waals surface area contributed by atoms with Crippen molar-refractivity contribution in [1.82, 2.24) is 0 Å². The van der Waals surface area contributed by atoms with E-state index in [2.05, 4.69) is 31.2 Å². The van der Waals surface area contributed by atoms with Crippen molar-refractivity contribution >= 4 is 13.2 Å². The van der Waals surface area contributed by atoms with E-state index in [-0.39, 0.29) is 7.92 Å². The molecule has 1 saturated carbocycles. The molecule has 3 rings (SSSR count). The molecule has 4 atom stereocenters. The van der Waals surface area contributed by atoms with Crippen LogP contribution in [0.4, 0.5) is 0 Å². The second-order valence-corrected chi connectivity index (χ2v) is 7.60.